The molecule has 0 bridgehead atoms. The number of carbonyl (C=O) groups excluding carboxylic acids is 1. The number of anilines is 1. The fourth-order valence-corrected chi connectivity index (χ4v) is 2.42. The highest BCUT2D eigenvalue weighted by Gasteiger charge is 2.24. The Hall–Kier alpha value is -1.75. The fraction of sp³-hybridized carbons (Fsp3) is 0.533. The van der Waals surface area contributed by atoms with Gasteiger partial charge >= 0.3 is 5.97 Å². The van der Waals surface area contributed by atoms with Crippen LogP contribution in [-0.4, -0.2) is 45.4 Å². The van der Waals surface area contributed by atoms with E-state index in [1.807, 2.05) is 31.2 Å². The van der Waals surface area contributed by atoms with Crippen LogP contribution in [0.5, 0.6) is 5.75 Å². The van der Waals surface area contributed by atoms with Crippen molar-refractivity contribution < 1.29 is 14.3 Å². The Morgan fingerprint density at radius 1 is 1.50 bits per heavy atom. The number of ether oxygens (including phenoxy) is 2. The Bertz CT molecular complexity index is 450. The van der Waals surface area contributed by atoms with Gasteiger partial charge in [0.25, 0.3) is 0 Å². The molecule has 0 fully saturated rings. The number of nitrogens with zero attached hydrogens (tertiary/aromatic N) is 1. The van der Waals surface area contributed by atoms with Crippen LogP contribution in [0.25, 0.3) is 0 Å². The molecule has 1 atom stereocenters. The molecule has 1 heterocycles. The number of carbonyl (C=O) groups is 1. The van der Waals surface area contributed by atoms with Crippen LogP contribution in [0.15, 0.2) is 24.3 Å². The van der Waals surface area contributed by atoms with Crippen molar-refractivity contribution in [2.24, 2.45) is 0 Å². The Balaban J connectivity index is 2.16. The summed E-state index contributed by atoms with van der Waals surface area (Å²) in [7, 11) is 1.42. The highest BCUT2D eigenvalue weighted by atomic mass is 16.5. The Kier molecular flexibility index (Phi) is 5.24. The number of nitrogens with one attached hydrogen (secondary N) is 1. The molecule has 1 aromatic rings. The lowest BCUT2D eigenvalue weighted by molar-refractivity contribution is -0.142. The lowest BCUT2D eigenvalue weighted by Gasteiger charge is -2.27. The molecule has 0 saturated carbocycles. The Labute approximate surface area is 119 Å². The van der Waals surface area contributed by atoms with Gasteiger partial charge in [-0.3, -0.25) is 4.79 Å². The van der Waals surface area contributed by atoms with Crippen molar-refractivity contribution in [3.05, 3.63) is 24.3 Å². The summed E-state index contributed by atoms with van der Waals surface area (Å²) in [5.74, 6) is 0.652. The molecule has 5 heteroatoms. The van der Waals surface area contributed by atoms with Crippen molar-refractivity contribution in [3.63, 3.8) is 0 Å². The number of hydrogen-bond donors (Lipinski definition) is 1. The van der Waals surface area contributed by atoms with E-state index in [1.165, 1.54) is 7.11 Å². The molecule has 0 aromatic heterocycles. The van der Waals surface area contributed by atoms with Crippen molar-refractivity contribution in [2.45, 2.75) is 19.4 Å². The van der Waals surface area contributed by atoms with Gasteiger partial charge in [-0.15, -0.1) is 0 Å². The molecular formula is C15H22N2O3. The van der Waals surface area contributed by atoms with Crippen LogP contribution in [0, 0.1) is 0 Å². The lowest BCUT2D eigenvalue weighted by Crippen LogP contribution is -2.47. The van der Waals surface area contributed by atoms with E-state index in [2.05, 4.69) is 10.2 Å². The average Bonchev–Trinajstić information content (AvgIpc) is 2.68. The van der Waals surface area contributed by atoms with E-state index >= 15 is 0 Å². The molecule has 0 amide bonds. The minimum absolute atomic E-state index is 0.227. The van der Waals surface area contributed by atoms with Crippen molar-refractivity contribution in [2.75, 3.05) is 38.3 Å². The van der Waals surface area contributed by atoms with Gasteiger partial charge in [0.05, 0.1) is 19.4 Å². The molecule has 0 saturated heterocycles. The van der Waals surface area contributed by atoms with Gasteiger partial charge in [-0.2, -0.15) is 0 Å². The first-order valence-corrected chi connectivity index (χ1v) is 7.04. The molecule has 0 aliphatic carbocycles. The molecule has 110 valence electrons. The SMILES string of the molecule is CCNC(CN1CCCOc2ccccc21)C(=O)OC. The minimum Gasteiger partial charge on any atom is -0.491 e. The topological polar surface area (TPSA) is 50.8 Å². The predicted molar refractivity (Wildman–Crippen MR) is 78.2 cm³/mol. The van der Waals surface area contributed by atoms with Crippen LogP contribution < -0.4 is 15.0 Å². The zero-order valence-corrected chi connectivity index (χ0v) is 12.1. The van der Waals surface area contributed by atoms with Gasteiger partial charge in [0.1, 0.15) is 11.8 Å². The van der Waals surface area contributed by atoms with Crippen LogP contribution >= 0.6 is 0 Å². The summed E-state index contributed by atoms with van der Waals surface area (Å²) in [6.07, 6.45) is 0.939. The van der Waals surface area contributed by atoms with E-state index < -0.39 is 0 Å². The number of benzene rings is 1. The predicted octanol–water partition coefficient (Wildman–Crippen LogP) is 1.43. The van der Waals surface area contributed by atoms with Crippen molar-refractivity contribution in [3.8, 4) is 5.75 Å². The van der Waals surface area contributed by atoms with Gasteiger partial charge in [-0.25, -0.2) is 0 Å². The number of esters is 1. The molecular weight excluding hydrogens is 256 g/mol. The minimum atomic E-state index is -0.323. The first kappa shape index (κ1) is 14.7. The van der Waals surface area contributed by atoms with E-state index in [-0.39, 0.29) is 12.0 Å². The van der Waals surface area contributed by atoms with Crippen LogP contribution in [0.1, 0.15) is 13.3 Å². The monoisotopic (exact) mass is 278 g/mol. The maximum atomic E-state index is 11.8. The number of para-hydroxylation sites is 2. The van der Waals surface area contributed by atoms with E-state index in [1.54, 1.807) is 0 Å². The van der Waals surface area contributed by atoms with Gasteiger partial charge in [0.2, 0.25) is 0 Å². The lowest BCUT2D eigenvalue weighted by atomic mass is 10.2. The number of hydrogen-bond acceptors (Lipinski definition) is 5. The third kappa shape index (κ3) is 3.42. The Morgan fingerprint density at radius 2 is 2.30 bits per heavy atom. The van der Waals surface area contributed by atoms with E-state index in [0.717, 1.165) is 30.9 Å². The van der Waals surface area contributed by atoms with E-state index in [9.17, 15) is 4.79 Å². The maximum Gasteiger partial charge on any atom is 0.324 e. The van der Waals surface area contributed by atoms with Gasteiger partial charge in [0, 0.05) is 13.1 Å². The summed E-state index contributed by atoms with van der Waals surface area (Å²) in [6, 6.07) is 7.62. The maximum absolute atomic E-state index is 11.8. The smallest absolute Gasteiger partial charge is 0.324 e. The fourth-order valence-electron chi connectivity index (χ4n) is 2.42. The number of rotatable bonds is 5. The largest absolute Gasteiger partial charge is 0.491 e. The summed E-state index contributed by atoms with van der Waals surface area (Å²) in [4.78, 5) is 14.0. The molecule has 2 rings (SSSR count). The highest BCUT2D eigenvalue weighted by Crippen LogP contribution is 2.30. The van der Waals surface area contributed by atoms with Crippen molar-refractivity contribution in [1.82, 2.24) is 5.32 Å². The van der Waals surface area contributed by atoms with Crippen molar-refractivity contribution >= 4 is 11.7 Å². The van der Waals surface area contributed by atoms with Gasteiger partial charge in [0.15, 0.2) is 0 Å². The van der Waals surface area contributed by atoms with Crippen LogP contribution in [-0.2, 0) is 9.53 Å². The zero-order chi connectivity index (χ0) is 14.4. The third-order valence-corrected chi connectivity index (χ3v) is 3.38. The van der Waals surface area contributed by atoms with Crippen LogP contribution in [0.4, 0.5) is 5.69 Å². The molecule has 0 radical (unpaired) electrons. The summed E-state index contributed by atoms with van der Waals surface area (Å²) in [6.45, 7) is 4.87. The average molecular weight is 278 g/mol. The summed E-state index contributed by atoms with van der Waals surface area (Å²) in [5.41, 5.74) is 1.04. The summed E-state index contributed by atoms with van der Waals surface area (Å²) < 4.78 is 10.6. The summed E-state index contributed by atoms with van der Waals surface area (Å²) in [5, 5.41) is 3.17. The van der Waals surface area contributed by atoms with Crippen LogP contribution in [0.3, 0.4) is 0 Å². The van der Waals surface area contributed by atoms with Crippen LogP contribution in [0.2, 0.25) is 0 Å². The molecule has 1 N–H and O–H groups in total. The molecule has 1 aliphatic rings. The molecule has 0 spiro atoms. The first-order valence-electron chi connectivity index (χ1n) is 7.04. The quantitative estimate of drug-likeness (QED) is 0.826. The standard InChI is InChI=1S/C15H22N2O3/c1-3-16-12(15(18)19-2)11-17-9-6-10-20-14-8-5-4-7-13(14)17/h4-5,7-8,12,16H,3,6,9-11H2,1-2H3. The highest BCUT2D eigenvalue weighted by molar-refractivity contribution is 5.77. The van der Waals surface area contributed by atoms with E-state index in [4.69, 9.17) is 9.47 Å². The second-order valence-corrected chi connectivity index (χ2v) is 4.75. The number of methoxy groups -OCH3 is 1. The van der Waals surface area contributed by atoms with Gasteiger partial charge < -0.3 is 19.7 Å². The van der Waals surface area contributed by atoms with Gasteiger partial charge in [-0.1, -0.05) is 19.1 Å². The molecule has 1 unspecified atom stereocenters. The molecule has 1 aromatic carbocycles. The second kappa shape index (κ2) is 7.14. The second-order valence-electron chi connectivity index (χ2n) is 4.75. The Morgan fingerprint density at radius 3 is 3.05 bits per heavy atom. The third-order valence-electron chi connectivity index (χ3n) is 3.38. The molecule has 1 aliphatic heterocycles. The number of fused-ring (bicyclic) bond motifs is 1. The molecule has 5 nitrogen and oxygen atoms in total. The zero-order valence-electron chi connectivity index (χ0n) is 12.1. The normalized spacial score (nSPS) is 15.8. The molecule has 20 heavy (non-hydrogen) atoms. The van der Waals surface area contributed by atoms with Gasteiger partial charge in [-0.05, 0) is 25.1 Å². The van der Waals surface area contributed by atoms with Crippen molar-refractivity contribution in [1.29, 1.82) is 0 Å². The first-order chi connectivity index (χ1) is 9.76. The van der Waals surface area contributed by atoms with E-state index in [0.29, 0.717) is 13.2 Å². The number of likely N-dealkylation sites (N-methyl/N-ethyl adjacent to an activating group) is 1. The summed E-state index contributed by atoms with van der Waals surface area (Å²) >= 11 is 0.